The first-order valence-corrected chi connectivity index (χ1v) is 10.9. The molecule has 0 amide bonds. The van der Waals surface area contributed by atoms with Crippen molar-refractivity contribution in [3.63, 3.8) is 0 Å². The van der Waals surface area contributed by atoms with Crippen molar-refractivity contribution in [3.05, 3.63) is 75.0 Å². The van der Waals surface area contributed by atoms with E-state index in [0.717, 1.165) is 35.7 Å². The summed E-state index contributed by atoms with van der Waals surface area (Å²) in [5.41, 5.74) is 8.74. The number of hydrogen-bond acceptors (Lipinski definition) is 3. The number of ether oxygens (including phenoxy) is 1. The molecule has 1 aliphatic carbocycles. The van der Waals surface area contributed by atoms with Crippen LogP contribution in [0.3, 0.4) is 0 Å². The molecular formula is C23H22N4OS2. The van der Waals surface area contributed by atoms with E-state index < -0.39 is 0 Å². The third kappa shape index (κ3) is 3.91. The number of fused-ring (bicyclic) bond motifs is 2. The van der Waals surface area contributed by atoms with E-state index in [0.29, 0.717) is 9.54 Å². The van der Waals surface area contributed by atoms with Gasteiger partial charge in [0.2, 0.25) is 0 Å². The van der Waals surface area contributed by atoms with Crippen molar-refractivity contribution in [2.24, 2.45) is 0 Å². The minimum Gasteiger partial charge on any atom is -0.493 e. The topological polar surface area (TPSA) is 72.4 Å². The third-order valence-corrected chi connectivity index (χ3v) is 6.04. The first kappa shape index (κ1) is 19.1. The lowest BCUT2D eigenvalue weighted by atomic mass is 10.1. The molecule has 4 N–H and O–H groups in total. The van der Waals surface area contributed by atoms with E-state index in [1.165, 1.54) is 41.5 Å². The summed E-state index contributed by atoms with van der Waals surface area (Å²) in [6, 6.07) is 12.9. The smallest absolute Gasteiger partial charge is 0.174 e. The highest BCUT2D eigenvalue weighted by atomic mass is 32.1. The molecule has 30 heavy (non-hydrogen) atoms. The fraction of sp³-hybridized carbons (Fsp3) is 0.217. The highest BCUT2D eigenvalue weighted by Crippen LogP contribution is 2.29. The Morgan fingerprint density at radius 2 is 1.33 bits per heavy atom. The lowest BCUT2D eigenvalue weighted by Crippen LogP contribution is -1.85. The fourth-order valence-corrected chi connectivity index (χ4v) is 4.41. The molecule has 3 heterocycles. The van der Waals surface area contributed by atoms with Crippen molar-refractivity contribution in [2.75, 3.05) is 6.61 Å². The van der Waals surface area contributed by atoms with Crippen LogP contribution in [0.25, 0.3) is 22.5 Å². The number of nitrogens with one attached hydrogen (secondary N) is 4. The van der Waals surface area contributed by atoms with Crippen LogP contribution in [-0.4, -0.2) is 26.5 Å². The molecular weight excluding hydrogens is 412 g/mol. The van der Waals surface area contributed by atoms with E-state index in [1.54, 1.807) is 0 Å². The standard InChI is InChI=1S/C12H12N2S.C11H10N2OS/c15-12-13-7-11(14-12)10-5-4-8-2-1-3-9(8)6-10;15-11-12-6-9(13-11)7-1-2-10-8(5-7)3-4-14-10/h4-7H,1-3H2,(H2,13,14,15);1-2,5-6H,3-4H2,(H2,12,13,15). The van der Waals surface area contributed by atoms with Gasteiger partial charge in [-0.15, -0.1) is 0 Å². The second kappa shape index (κ2) is 8.08. The molecule has 2 aliphatic rings. The maximum Gasteiger partial charge on any atom is 0.174 e. The zero-order chi connectivity index (χ0) is 20.5. The van der Waals surface area contributed by atoms with Crippen LogP contribution in [0.15, 0.2) is 48.8 Å². The molecule has 2 aromatic heterocycles. The Balaban J connectivity index is 0.000000128. The lowest BCUT2D eigenvalue weighted by molar-refractivity contribution is 0.357. The Kier molecular flexibility index (Phi) is 5.14. The minimum atomic E-state index is 0.654. The maximum atomic E-state index is 5.46. The Morgan fingerprint density at radius 3 is 2.00 bits per heavy atom. The van der Waals surface area contributed by atoms with Gasteiger partial charge in [-0.25, -0.2) is 0 Å². The molecule has 0 atom stereocenters. The van der Waals surface area contributed by atoms with E-state index in [4.69, 9.17) is 29.2 Å². The van der Waals surface area contributed by atoms with E-state index in [9.17, 15) is 0 Å². The Morgan fingerprint density at radius 1 is 0.700 bits per heavy atom. The average molecular weight is 435 g/mol. The average Bonchev–Trinajstić information content (AvgIpc) is 3.54. The summed E-state index contributed by atoms with van der Waals surface area (Å²) in [5.74, 6) is 1.01. The molecule has 0 radical (unpaired) electrons. The molecule has 6 rings (SSSR count). The molecule has 2 aromatic carbocycles. The van der Waals surface area contributed by atoms with Gasteiger partial charge in [-0.2, -0.15) is 0 Å². The molecule has 7 heteroatoms. The molecule has 152 valence electrons. The number of rotatable bonds is 2. The predicted octanol–water partition coefficient (Wildman–Crippen LogP) is 5.90. The van der Waals surface area contributed by atoms with Crippen LogP contribution >= 0.6 is 24.4 Å². The first-order chi connectivity index (χ1) is 14.7. The number of aromatic amines is 4. The SMILES string of the molecule is S=c1[nH]cc(-c2ccc3c(c2)CCC3)[nH]1.S=c1[nH]cc(-c2ccc3c(c2)CCO3)[nH]1. The number of H-pyrrole nitrogens is 4. The number of aryl methyl sites for hydroxylation is 2. The van der Waals surface area contributed by atoms with Crippen LogP contribution in [0.1, 0.15) is 23.1 Å². The van der Waals surface area contributed by atoms with Gasteiger partial charge >= 0.3 is 0 Å². The summed E-state index contributed by atoms with van der Waals surface area (Å²) in [6.07, 6.45) is 8.56. The first-order valence-electron chi connectivity index (χ1n) is 10.1. The second-order valence-corrected chi connectivity index (χ2v) is 8.39. The highest BCUT2D eigenvalue weighted by molar-refractivity contribution is 7.71. The van der Waals surface area contributed by atoms with Crippen molar-refractivity contribution in [1.29, 1.82) is 0 Å². The van der Waals surface area contributed by atoms with Gasteiger partial charge in [0, 0.05) is 24.4 Å². The van der Waals surface area contributed by atoms with E-state index in [2.05, 4.69) is 44.2 Å². The number of aromatic nitrogens is 4. The molecule has 0 bridgehead atoms. The zero-order valence-electron chi connectivity index (χ0n) is 16.4. The van der Waals surface area contributed by atoms with Gasteiger partial charge in [-0.1, -0.05) is 12.1 Å². The van der Waals surface area contributed by atoms with Crippen molar-refractivity contribution in [1.82, 2.24) is 19.9 Å². The Labute approximate surface area is 184 Å². The molecule has 0 saturated carbocycles. The van der Waals surface area contributed by atoms with Crippen LogP contribution in [-0.2, 0) is 19.3 Å². The van der Waals surface area contributed by atoms with Crippen molar-refractivity contribution in [3.8, 4) is 28.3 Å². The van der Waals surface area contributed by atoms with Crippen molar-refractivity contribution in [2.45, 2.75) is 25.7 Å². The summed E-state index contributed by atoms with van der Waals surface area (Å²) in [7, 11) is 0. The van der Waals surface area contributed by atoms with Crippen molar-refractivity contribution >= 4 is 24.4 Å². The van der Waals surface area contributed by atoms with Gasteiger partial charge < -0.3 is 24.7 Å². The maximum absolute atomic E-state index is 5.46. The van der Waals surface area contributed by atoms with Crippen LogP contribution in [0.4, 0.5) is 0 Å². The summed E-state index contributed by atoms with van der Waals surface area (Å²) in [6.45, 7) is 0.794. The van der Waals surface area contributed by atoms with E-state index in [1.807, 2.05) is 24.5 Å². The highest BCUT2D eigenvalue weighted by Gasteiger charge is 2.13. The molecule has 0 spiro atoms. The Hall–Kier alpha value is -2.90. The van der Waals surface area contributed by atoms with E-state index >= 15 is 0 Å². The summed E-state index contributed by atoms with van der Waals surface area (Å²) in [5, 5.41) is 0. The second-order valence-electron chi connectivity index (χ2n) is 7.57. The molecule has 0 unspecified atom stereocenters. The van der Waals surface area contributed by atoms with Crippen LogP contribution < -0.4 is 4.74 Å². The summed E-state index contributed by atoms with van der Waals surface area (Å²) in [4.78, 5) is 12.2. The number of hydrogen-bond donors (Lipinski definition) is 4. The summed E-state index contributed by atoms with van der Waals surface area (Å²) < 4.78 is 6.80. The third-order valence-electron chi connectivity index (χ3n) is 5.60. The number of benzene rings is 2. The minimum absolute atomic E-state index is 0.654. The zero-order valence-corrected chi connectivity index (χ0v) is 18.0. The molecule has 1 aliphatic heterocycles. The van der Waals surface area contributed by atoms with Gasteiger partial charge in [-0.05, 0) is 90.2 Å². The van der Waals surface area contributed by atoms with Gasteiger partial charge in [0.05, 0.1) is 18.0 Å². The fourth-order valence-electron chi connectivity index (χ4n) is 4.07. The largest absolute Gasteiger partial charge is 0.493 e. The summed E-state index contributed by atoms with van der Waals surface area (Å²) >= 11 is 10.0. The monoisotopic (exact) mass is 434 g/mol. The quantitative estimate of drug-likeness (QED) is 0.297. The van der Waals surface area contributed by atoms with Crippen LogP contribution in [0, 0.1) is 9.54 Å². The predicted molar refractivity (Wildman–Crippen MR) is 124 cm³/mol. The normalized spacial score (nSPS) is 13.9. The van der Waals surface area contributed by atoms with Crippen molar-refractivity contribution < 1.29 is 4.74 Å². The van der Waals surface area contributed by atoms with E-state index in [-0.39, 0.29) is 0 Å². The van der Waals surface area contributed by atoms with Crippen LogP contribution in [0.2, 0.25) is 0 Å². The lowest BCUT2D eigenvalue weighted by Gasteiger charge is -2.02. The van der Waals surface area contributed by atoms with Crippen LogP contribution in [0.5, 0.6) is 5.75 Å². The molecule has 0 saturated heterocycles. The van der Waals surface area contributed by atoms with Gasteiger partial charge in [-0.3, -0.25) is 0 Å². The van der Waals surface area contributed by atoms with Gasteiger partial charge in [0.15, 0.2) is 9.54 Å². The molecule has 4 aromatic rings. The Bertz CT molecular complexity index is 1210. The number of imidazole rings is 2. The van der Waals surface area contributed by atoms with Gasteiger partial charge in [0.1, 0.15) is 5.75 Å². The van der Waals surface area contributed by atoms with Gasteiger partial charge in [0.25, 0.3) is 0 Å². The molecule has 5 nitrogen and oxygen atoms in total. The molecule has 0 fully saturated rings.